The van der Waals surface area contributed by atoms with Gasteiger partial charge in [-0.25, -0.2) is 16.8 Å². The zero-order chi connectivity index (χ0) is 46.0. The molecule has 0 radical (unpaired) electrons. The average Bonchev–Trinajstić information content (AvgIpc) is 3.21. The summed E-state index contributed by atoms with van der Waals surface area (Å²) < 4.78 is 50.5. The monoisotopic (exact) mass is 996 g/mol. The van der Waals surface area contributed by atoms with E-state index in [1.165, 1.54) is 103 Å². The molecule has 2 heterocycles. The second kappa shape index (κ2) is 19.7. The Morgan fingerprint density at radius 1 is 0.587 bits per heavy atom. The normalized spacial score (nSPS) is 15.7. The Bertz CT molecular complexity index is 2620. The van der Waals surface area contributed by atoms with Crippen LogP contribution in [0, 0.1) is 20.2 Å². The van der Waals surface area contributed by atoms with E-state index in [4.69, 9.17) is 46.4 Å². The van der Waals surface area contributed by atoms with Crippen LogP contribution in [0.15, 0.2) is 82.6 Å². The van der Waals surface area contributed by atoms with Gasteiger partial charge in [-0.1, -0.05) is 82.4 Å². The molecule has 0 unspecified atom stereocenters. The summed E-state index contributed by atoms with van der Waals surface area (Å²) in [6.07, 6.45) is 7.37. The summed E-state index contributed by atoms with van der Waals surface area (Å²) in [4.78, 5) is 54.4. The van der Waals surface area contributed by atoms with E-state index >= 15 is 0 Å². The van der Waals surface area contributed by atoms with Gasteiger partial charge < -0.3 is 9.80 Å². The van der Waals surface area contributed by atoms with Crippen molar-refractivity contribution >= 4 is 114 Å². The van der Waals surface area contributed by atoms with E-state index in [0.29, 0.717) is 0 Å². The molecule has 23 heteroatoms. The number of rotatable bonds is 12. The second-order valence-corrected chi connectivity index (χ2v) is 21.0. The van der Waals surface area contributed by atoms with Crippen molar-refractivity contribution in [2.75, 3.05) is 64.9 Å². The molecular weight excluding hydrogens is 962 g/mol. The van der Waals surface area contributed by atoms with Gasteiger partial charge in [0.15, 0.2) is 0 Å². The van der Waals surface area contributed by atoms with Crippen LogP contribution in [0.5, 0.6) is 0 Å². The third-order valence-electron chi connectivity index (χ3n) is 10.2. The number of hydrogen-bond donors (Lipinski definition) is 0. The number of nitro benzene ring substituents is 2. The quantitative estimate of drug-likeness (QED) is 0.0761. The maximum atomic E-state index is 13.3. The fourth-order valence-electron chi connectivity index (χ4n) is 7.06. The molecular formula is C40H36Cl4N6O10S3. The number of halogens is 4. The number of nitrogens with zero attached hydrogens (tertiary/aromatic N) is 6. The van der Waals surface area contributed by atoms with Crippen LogP contribution in [-0.4, -0.2) is 122 Å². The number of sulfonamides is 2. The Balaban J connectivity index is 1.44. The third kappa shape index (κ3) is 11.2. The molecule has 0 aromatic heterocycles. The Labute approximate surface area is 387 Å². The molecule has 0 atom stereocenters. The van der Waals surface area contributed by atoms with E-state index in [-0.39, 0.29) is 116 Å². The number of amides is 2. The van der Waals surface area contributed by atoms with Gasteiger partial charge in [-0.05, 0) is 59.7 Å². The summed E-state index contributed by atoms with van der Waals surface area (Å²) in [5.74, 6) is -0.932. The van der Waals surface area contributed by atoms with Gasteiger partial charge in [-0.3, -0.25) is 29.8 Å². The SMILES string of the molecule is CS(=O)(=O)N1CCN(C(=O)C=Cc2ccc(Sc3ccc(C=CC(=O)N4CCN(S(C)(=O)=O)CC4)c(-c4ccc(Cl)cc4Cl)c3[N+](=O)[O-])c([N+](=O)[O-])c2-c2ccc(Cl)cc2Cl)CC1. The minimum absolute atomic E-state index is 0.0170. The Morgan fingerprint density at radius 3 is 1.24 bits per heavy atom. The maximum Gasteiger partial charge on any atom is 0.291 e. The Hall–Kier alpha value is -4.57. The molecule has 0 saturated carbocycles. The van der Waals surface area contributed by atoms with Crippen LogP contribution in [0.2, 0.25) is 20.1 Å². The van der Waals surface area contributed by atoms with Crippen LogP contribution in [0.25, 0.3) is 34.4 Å². The molecule has 6 rings (SSSR count). The standard InChI is InChI=1S/C40H36Cl4N6O10S3/c1-62(57,58)47-19-15-45(16-20-47)35(51)13-5-25-3-11-33(39(49(53)54)37(25)29-9-7-27(41)23-31(29)43)61-34-12-4-26(6-14-36(52)46-17-21-48(22-18-46)63(2,59)60)38(40(34)50(55)56)30-10-8-28(42)24-32(30)44/h3-14,23-24H,15-22H2,1-2H3. The summed E-state index contributed by atoms with van der Waals surface area (Å²) in [7, 11) is -6.90. The van der Waals surface area contributed by atoms with Crippen LogP contribution in [-0.2, 0) is 29.6 Å². The lowest BCUT2D eigenvalue weighted by Gasteiger charge is -2.32. The van der Waals surface area contributed by atoms with Crippen molar-refractivity contribution in [1.82, 2.24) is 18.4 Å². The molecule has 2 aliphatic rings. The molecule has 2 saturated heterocycles. The van der Waals surface area contributed by atoms with E-state index in [1.807, 2.05) is 0 Å². The topological polar surface area (TPSA) is 202 Å². The van der Waals surface area contributed by atoms with Crippen LogP contribution < -0.4 is 0 Å². The largest absolute Gasteiger partial charge is 0.337 e. The van der Waals surface area contributed by atoms with E-state index < -0.39 is 53.1 Å². The van der Waals surface area contributed by atoms with E-state index in [0.717, 1.165) is 24.3 Å². The zero-order valence-corrected chi connectivity index (χ0v) is 38.7. The lowest BCUT2D eigenvalue weighted by molar-refractivity contribution is -0.387. The van der Waals surface area contributed by atoms with Crippen molar-refractivity contribution in [2.24, 2.45) is 0 Å². The fraction of sp³-hybridized carbons (Fsp3) is 0.250. The smallest absolute Gasteiger partial charge is 0.291 e. The predicted molar refractivity (Wildman–Crippen MR) is 245 cm³/mol. The first-order valence-corrected chi connectivity index (χ1v) is 24.7. The first kappa shape index (κ1) is 47.9. The number of piperazine rings is 2. The van der Waals surface area contributed by atoms with Crippen LogP contribution in [0.1, 0.15) is 11.1 Å². The molecule has 2 fully saturated rings. The summed E-state index contributed by atoms with van der Waals surface area (Å²) in [6.45, 7) is 0.892. The van der Waals surface area contributed by atoms with E-state index in [9.17, 15) is 46.7 Å². The van der Waals surface area contributed by atoms with Gasteiger partial charge in [0.1, 0.15) is 0 Å². The first-order valence-electron chi connectivity index (χ1n) is 18.7. The molecule has 0 spiro atoms. The maximum absolute atomic E-state index is 13.3. The molecule has 4 aromatic rings. The molecule has 63 heavy (non-hydrogen) atoms. The average molecular weight is 999 g/mol. The molecule has 0 bridgehead atoms. The van der Waals surface area contributed by atoms with Gasteiger partial charge in [0.05, 0.1) is 53.3 Å². The number of hydrogen-bond acceptors (Lipinski definition) is 11. The highest BCUT2D eigenvalue weighted by atomic mass is 35.5. The molecule has 4 aromatic carbocycles. The van der Waals surface area contributed by atoms with Crippen molar-refractivity contribution in [2.45, 2.75) is 9.79 Å². The third-order valence-corrected chi connectivity index (χ3v) is 15.0. The van der Waals surface area contributed by atoms with Crippen molar-refractivity contribution in [3.05, 3.63) is 124 Å². The molecule has 2 amide bonds. The van der Waals surface area contributed by atoms with Crippen molar-refractivity contribution in [3.8, 4) is 22.3 Å². The molecule has 0 N–H and O–H groups in total. The lowest BCUT2D eigenvalue weighted by atomic mass is 9.97. The number of carbonyl (C=O) groups is 2. The van der Waals surface area contributed by atoms with Crippen molar-refractivity contribution in [1.29, 1.82) is 0 Å². The molecule has 0 aliphatic carbocycles. The molecule has 2 aliphatic heterocycles. The molecule has 16 nitrogen and oxygen atoms in total. The lowest BCUT2D eigenvalue weighted by Crippen LogP contribution is -2.49. The summed E-state index contributed by atoms with van der Waals surface area (Å²) in [6, 6.07) is 14.5. The van der Waals surface area contributed by atoms with Gasteiger partial charge in [-0.15, -0.1) is 0 Å². The fourth-order valence-corrected chi connectivity index (χ4v) is 10.8. The van der Waals surface area contributed by atoms with Gasteiger partial charge in [0.2, 0.25) is 31.9 Å². The Kier molecular flexibility index (Phi) is 15.0. The zero-order valence-electron chi connectivity index (χ0n) is 33.2. The minimum atomic E-state index is -3.45. The second-order valence-electron chi connectivity index (χ2n) is 14.3. The van der Waals surface area contributed by atoms with E-state index in [2.05, 4.69) is 0 Å². The predicted octanol–water partition coefficient (Wildman–Crippen LogP) is 7.84. The summed E-state index contributed by atoms with van der Waals surface area (Å²) in [5.41, 5.74) is -0.273. The van der Waals surface area contributed by atoms with Crippen LogP contribution in [0.3, 0.4) is 0 Å². The van der Waals surface area contributed by atoms with Crippen LogP contribution in [0.4, 0.5) is 11.4 Å². The number of carbonyl (C=O) groups excluding carboxylic acids is 2. The minimum Gasteiger partial charge on any atom is -0.337 e. The highest BCUT2D eigenvalue weighted by molar-refractivity contribution is 7.99. The van der Waals surface area contributed by atoms with Crippen LogP contribution >= 0.6 is 58.2 Å². The molecule has 332 valence electrons. The Morgan fingerprint density at radius 2 is 0.937 bits per heavy atom. The number of nitro groups is 2. The van der Waals surface area contributed by atoms with Gasteiger partial charge in [0.25, 0.3) is 11.4 Å². The number of benzene rings is 4. The van der Waals surface area contributed by atoms with Gasteiger partial charge in [0, 0.05) is 85.7 Å². The van der Waals surface area contributed by atoms with Gasteiger partial charge in [-0.2, -0.15) is 8.61 Å². The first-order chi connectivity index (χ1) is 29.6. The van der Waals surface area contributed by atoms with Crippen molar-refractivity contribution in [3.63, 3.8) is 0 Å². The van der Waals surface area contributed by atoms with Crippen molar-refractivity contribution < 1.29 is 36.3 Å². The highest BCUT2D eigenvalue weighted by Gasteiger charge is 2.32. The highest BCUT2D eigenvalue weighted by Crippen LogP contribution is 2.50. The van der Waals surface area contributed by atoms with E-state index in [1.54, 1.807) is 0 Å². The summed E-state index contributed by atoms with van der Waals surface area (Å²) >= 11 is 26.4. The van der Waals surface area contributed by atoms with Gasteiger partial charge >= 0.3 is 0 Å². The summed E-state index contributed by atoms with van der Waals surface area (Å²) in [5, 5.41) is 26.9.